The molecule has 0 atom stereocenters. The molecule has 1 heterocycles. The van der Waals surface area contributed by atoms with Crippen LogP contribution in [0.4, 0.5) is 0 Å². The molecule has 2 aromatic carbocycles. The van der Waals surface area contributed by atoms with Crippen LogP contribution < -0.4 is 5.43 Å². The standard InChI is InChI=1S/C20H22Cl2N4O/c21-18-7-3-1-5-16(18)13-23-24-20(27)15-26-11-9-25(10-12-26)14-17-6-2-4-8-19(17)22/h1-8,13H,9-12,14-15H2,(H,24,27)/b23-13+. The lowest BCUT2D eigenvalue weighted by molar-refractivity contribution is -0.122. The lowest BCUT2D eigenvalue weighted by Crippen LogP contribution is -2.48. The Morgan fingerprint density at radius 3 is 2.30 bits per heavy atom. The fourth-order valence-electron chi connectivity index (χ4n) is 2.97. The predicted molar refractivity (Wildman–Crippen MR) is 110 cm³/mol. The molecule has 1 aliphatic rings. The molecule has 1 aliphatic heterocycles. The molecule has 0 saturated carbocycles. The second-order valence-corrected chi connectivity index (χ2v) is 7.27. The summed E-state index contributed by atoms with van der Waals surface area (Å²) >= 11 is 12.3. The number of carbonyl (C=O) groups excluding carboxylic acids is 1. The lowest BCUT2D eigenvalue weighted by atomic mass is 10.2. The zero-order chi connectivity index (χ0) is 19.1. The Morgan fingerprint density at radius 1 is 0.963 bits per heavy atom. The first-order valence-corrected chi connectivity index (χ1v) is 9.62. The van der Waals surface area contributed by atoms with Crippen molar-refractivity contribution >= 4 is 35.3 Å². The molecular weight excluding hydrogens is 383 g/mol. The summed E-state index contributed by atoms with van der Waals surface area (Å²) in [6.45, 7) is 4.66. The van der Waals surface area contributed by atoms with Crippen LogP contribution in [-0.2, 0) is 11.3 Å². The normalized spacial score (nSPS) is 15.9. The minimum Gasteiger partial charge on any atom is -0.296 e. The number of halogens is 2. The third-order valence-electron chi connectivity index (χ3n) is 4.48. The van der Waals surface area contributed by atoms with E-state index in [0.717, 1.165) is 48.9 Å². The molecule has 0 aliphatic carbocycles. The van der Waals surface area contributed by atoms with E-state index in [1.807, 2.05) is 36.4 Å². The Balaban J connectivity index is 1.40. The molecule has 142 valence electrons. The molecule has 0 aromatic heterocycles. The Morgan fingerprint density at radius 2 is 1.59 bits per heavy atom. The van der Waals surface area contributed by atoms with Crippen molar-refractivity contribution in [1.82, 2.24) is 15.2 Å². The van der Waals surface area contributed by atoms with Gasteiger partial charge in [-0.1, -0.05) is 59.6 Å². The molecule has 1 N–H and O–H groups in total. The van der Waals surface area contributed by atoms with E-state index in [4.69, 9.17) is 23.2 Å². The Kier molecular flexibility index (Phi) is 7.24. The number of nitrogens with zero attached hydrogens (tertiary/aromatic N) is 3. The minimum absolute atomic E-state index is 0.127. The minimum atomic E-state index is -0.127. The number of hydrogen-bond donors (Lipinski definition) is 1. The fourth-order valence-corrected chi connectivity index (χ4v) is 3.35. The van der Waals surface area contributed by atoms with Gasteiger partial charge >= 0.3 is 0 Å². The van der Waals surface area contributed by atoms with Crippen LogP contribution >= 0.6 is 23.2 Å². The van der Waals surface area contributed by atoms with E-state index in [1.165, 1.54) is 0 Å². The molecule has 7 heteroatoms. The highest BCUT2D eigenvalue weighted by molar-refractivity contribution is 6.33. The van der Waals surface area contributed by atoms with Gasteiger partial charge in [-0.25, -0.2) is 5.43 Å². The van der Waals surface area contributed by atoms with Crippen LogP contribution in [0.5, 0.6) is 0 Å². The maximum atomic E-state index is 12.1. The molecule has 0 unspecified atom stereocenters. The number of rotatable bonds is 6. The second kappa shape index (κ2) is 9.85. The van der Waals surface area contributed by atoms with E-state index in [-0.39, 0.29) is 5.91 Å². The number of hydrazone groups is 1. The summed E-state index contributed by atoms with van der Waals surface area (Å²) in [5, 5.41) is 5.39. The van der Waals surface area contributed by atoms with Crippen molar-refractivity contribution in [2.75, 3.05) is 32.7 Å². The molecule has 1 fully saturated rings. The number of piperazine rings is 1. The molecular formula is C20H22Cl2N4O. The average Bonchev–Trinajstić information content (AvgIpc) is 2.67. The number of benzene rings is 2. The number of hydrogen-bond acceptors (Lipinski definition) is 4. The van der Waals surface area contributed by atoms with E-state index < -0.39 is 0 Å². The first-order chi connectivity index (χ1) is 13.1. The van der Waals surface area contributed by atoms with Gasteiger partial charge in [-0.3, -0.25) is 14.6 Å². The molecule has 1 saturated heterocycles. The zero-order valence-corrected chi connectivity index (χ0v) is 16.5. The topological polar surface area (TPSA) is 47.9 Å². The summed E-state index contributed by atoms with van der Waals surface area (Å²) in [5.41, 5.74) is 4.47. The van der Waals surface area contributed by atoms with Crippen LogP contribution in [0.15, 0.2) is 53.6 Å². The smallest absolute Gasteiger partial charge is 0.254 e. The zero-order valence-electron chi connectivity index (χ0n) is 14.9. The summed E-state index contributed by atoms with van der Waals surface area (Å²) < 4.78 is 0. The van der Waals surface area contributed by atoms with E-state index >= 15 is 0 Å². The molecule has 3 rings (SSSR count). The summed E-state index contributed by atoms with van der Waals surface area (Å²) in [7, 11) is 0. The van der Waals surface area contributed by atoms with Gasteiger partial charge in [0.1, 0.15) is 0 Å². The summed E-state index contributed by atoms with van der Waals surface area (Å²) in [6.07, 6.45) is 1.56. The Labute approximate surface area is 169 Å². The van der Waals surface area contributed by atoms with Crippen LogP contribution in [0.3, 0.4) is 0 Å². The quantitative estimate of drug-likeness (QED) is 0.593. The van der Waals surface area contributed by atoms with Crippen molar-refractivity contribution in [3.05, 3.63) is 69.7 Å². The van der Waals surface area contributed by atoms with Crippen LogP contribution in [0, 0.1) is 0 Å². The van der Waals surface area contributed by atoms with Crippen molar-refractivity contribution in [1.29, 1.82) is 0 Å². The summed E-state index contributed by atoms with van der Waals surface area (Å²) in [5.74, 6) is -0.127. The van der Waals surface area contributed by atoms with Gasteiger partial charge in [0.2, 0.25) is 0 Å². The largest absolute Gasteiger partial charge is 0.296 e. The van der Waals surface area contributed by atoms with Gasteiger partial charge in [0.15, 0.2) is 0 Å². The van der Waals surface area contributed by atoms with E-state index in [0.29, 0.717) is 11.6 Å². The highest BCUT2D eigenvalue weighted by Crippen LogP contribution is 2.17. The lowest BCUT2D eigenvalue weighted by Gasteiger charge is -2.34. The molecule has 2 aromatic rings. The van der Waals surface area contributed by atoms with Crippen LogP contribution in [0.25, 0.3) is 0 Å². The molecule has 0 spiro atoms. The van der Waals surface area contributed by atoms with Crippen molar-refractivity contribution in [2.45, 2.75) is 6.54 Å². The highest BCUT2D eigenvalue weighted by Gasteiger charge is 2.19. The summed E-state index contributed by atoms with van der Waals surface area (Å²) in [6, 6.07) is 15.3. The highest BCUT2D eigenvalue weighted by atomic mass is 35.5. The van der Waals surface area contributed by atoms with Gasteiger partial charge in [0, 0.05) is 48.3 Å². The van der Waals surface area contributed by atoms with Gasteiger partial charge in [-0.15, -0.1) is 0 Å². The van der Waals surface area contributed by atoms with Crippen molar-refractivity contribution < 1.29 is 4.79 Å². The van der Waals surface area contributed by atoms with Crippen molar-refractivity contribution in [3.63, 3.8) is 0 Å². The van der Waals surface area contributed by atoms with E-state index in [9.17, 15) is 4.79 Å². The van der Waals surface area contributed by atoms with Gasteiger partial charge < -0.3 is 0 Å². The fraction of sp³-hybridized carbons (Fsp3) is 0.300. The van der Waals surface area contributed by atoms with Crippen LogP contribution in [-0.4, -0.2) is 54.6 Å². The van der Waals surface area contributed by atoms with Gasteiger partial charge in [0.25, 0.3) is 5.91 Å². The first kappa shape index (κ1) is 19.8. The summed E-state index contributed by atoms with van der Waals surface area (Å²) in [4.78, 5) is 16.6. The van der Waals surface area contributed by atoms with Crippen LogP contribution in [0.1, 0.15) is 11.1 Å². The second-order valence-electron chi connectivity index (χ2n) is 6.46. The van der Waals surface area contributed by atoms with Crippen molar-refractivity contribution in [2.24, 2.45) is 5.10 Å². The molecule has 1 amide bonds. The van der Waals surface area contributed by atoms with Crippen molar-refractivity contribution in [3.8, 4) is 0 Å². The van der Waals surface area contributed by atoms with Gasteiger partial charge in [0.05, 0.1) is 12.8 Å². The molecule has 0 radical (unpaired) electrons. The van der Waals surface area contributed by atoms with E-state index in [2.05, 4.69) is 26.4 Å². The van der Waals surface area contributed by atoms with Crippen LogP contribution in [0.2, 0.25) is 10.0 Å². The predicted octanol–water partition coefficient (Wildman–Crippen LogP) is 3.26. The number of nitrogens with one attached hydrogen (secondary N) is 1. The first-order valence-electron chi connectivity index (χ1n) is 8.86. The average molecular weight is 405 g/mol. The van der Waals surface area contributed by atoms with Gasteiger partial charge in [-0.05, 0) is 17.7 Å². The number of amides is 1. The maximum absolute atomic E-state index is 12.1. The SMILES string of the molecule is O=C(CN1CCN(Cc2ccccc2Cl)CC1)N/N=C/c1ccccc1Cl. The Bertz CT molecular complexity index is 804. The maximum Gasteiger partial charge on any atom is 0.254 e. The molecule has 0 bridgehead atoms. The number of carbonyl (C=O) groups is 1. The van der Waals surface area contributed by atoms with E-state index in [1.54, 1.807) is 12.3 Å². The molecule has 5 nitrogen and oxygen atoms in total. The monoisotopic (exact) mass is 404 g/mol. The van der Waals surface area contributed by atoms with Gasteiger partial charge in [-0.2, -0.15) is 5.10 Å². The molecule has 27 heavy (non-hydrogen) atoms. The third-order valence-corrected chi connectivity index (χ3v) is 5.19. The third kappa shape index (κ3) is 6.04. The Hall–Kier alpha value is -1.92.